The highest BCUT2D eigenvalue weighted by Gasteiger charge is 2.20. The van der Waals surface area contributed by atoms with Gasteiger partial charge in [-0.15, -0.1) is 0 Å². The third-order valence-electron chi connectivity index (χ3n) is 3.24. The summed E-state index contributed by atoms with van der Waals surface area (Å²) in [5, 5.41) is 1.16. The van der Waals surface area contributed by atoms with E-state index in [1.807, 2.05) is 24.3 Å². The molecular weight excluding hydrogens is 377 g/mol. The Morgan fingerprint density at radius 2 is 1.67 bits per heavy atom. The molecule has 0 fully saturated rings. The lowest BCUT2D eigenvalue weighted by atomic mass is 9.99. The summed E-state index contributed by atoms with van der Waals surface area (Å²) in [4.78, 5) is 0. The molecule has 3 nitrogen and oxygen atoms in total. The summed E-state index contributed by atoms with van der Waals surface area (Å²) in [6.45, 7) is 1.04. The van der Waals surface area contributed by atoms with Crippen LogP contribution in [0.25, 0.3) is 0 Å². The van der Waals surface area contributed by atoms with E-state index in [1.165, 1.54) is 0 Å². The van der Waals surface area contributed by atoms with Crippen molar-refractivity contribution >= 4 is 39.1 Å². The van der Waals surface area contributed by atoms with Gasteiger partial charge in [-0.1, -0.05) is 39.1 Å². The van der Waals surface area contributed by atoms with Crippen molar-refractivity contribution in [2.75, 3.05) is 13.2 Å². The molecule has 0 aliphatic carbocycles. The highest BCUT2D eigenvalue weighted by atomic mass is 79.9. The van der Waals surface area contributed by atoms with Gasteiger partial charge in [0.2, 0.25) is 0 Å². The Bertz CT molecular complexity index is 673. The maximum absolute atomic E-state index is 6.33. The van der Waals surface area contributed by atoms with Gasteiger partial charge in [-0.05, 0) is 35.4 Å². The Hall–Kier alpha value is -0.940. The maximum Gasteiger partial charge on any atom is 0.162 e. The number of fused-ring (bicyclic) bond motifs is 1. The second kappa shape index (κ2) is 6.05. The summed E-state index contributed by atoms with van der Waals surface area (Å²) >= 11 is 15.8. The van der Waals surface area contributed by atoms with Crippen LogP contribution in [0.4, 0.5) is 0 Å². The van der Waals surface area contributed by atoms with Gasteiger partial charge in [0.1, 0.15) is 13.2 Å². The Morgan fingerprint density at radius 3 is 2.33 bits per heavy atom. The Kier molecular flexibility index (Phi) is 4.31. The molecule has 2 aromatic carbocycles. The van der Waals surface area contributed by atoms with Crippen LogP contribution >= 0.6 is 39.1 Å². The predicted molar refractivity (Wildman–Crippen MR) is 87.6 cm³/mol. The molecule has 2 aromatic rings. The van der Waals surface area contributed by atoms with Crippen molar-refractivity contribution in [1.29, 1.82) is 0 Å². The van der Waals surface area contributed by atoms with E-state index in [1.54, 1.807) is 6.07 Å². The zero-order valence-electron chi connectivity index (χ0n) is 10.9. The van der Waals surface area contributed by atoms with Crippen molar-refractivity contribution < 1.29 is 9.47 Å². The van der Waals surface area contributed by atoms with Crippen molar-refractivity contribution in [3.05, 3.63) is 56.0 Å². The van der Waals surface area contributed by atoms with E-state index >= 15 is 0 Å². The molecule has 1 aliphatic heterocycles. The van der Waals surface area contributed by atoms with Crippen LogP contribution < -0.4 is 15.2 Å². The highest BCUT2D eigenvalue weighted by Crippen LogP contribution is 2.39. The average Bonchev–Trinajstić information content (AvgIpc) is 2.44. The van der Waals surface area contributed by atoms with Gasteiger partial charge in [0, 0.05) is 20.6 Å². The van der Waals surface area contributed by atoms with Gasteiger partial charge in [-0.3, -0.25) is 0 Å². The molecule has 1 heterocycles. The van der Waals surface area contributed by atoms with Crippen molar-refractivity contribution in [3.63, 3.8) is 0 Å². The minimum Gasteiger partial charge on any atom is -0.486 e. The fourth-order valence-electron chi connectivity index (χ4n) is 2.25. The minimum atomic E-state index is -0.400. The largest absolute Gasteiger partial charge is 0.486 e. The first-order valence-corrected chi connectivity index (χ1v) is 7.90. The second-order valence-corrected chi connectivity index (χ2v) is 6.46. The lowest BCUT2D eigenvalue weighted by molar-refractivity contribution is 0.171. The molecule has 1 aliphatic rings. The molecule has 110 valence electrons. The highest BCUT2D eigenvalue weighted by molar-refractivity contribution is 9.10. The molecule has 0 saturated carbocycles. The number of hydrogen-bond donors (Lipinski definition) is 1. The Labute approximate surface area is 141 Å². The van der Waals surface area contributed by atoms with Crippen molar-refractivity contribution in [2.45, 2.75) is 6.04 Å². The van der Waals surface area contributed by atoms with Crippen LogP contribution in [-0.4, -0.2) is 13.2 Å². The van der Waals surface area contributed by atoms with Crippen molar-refractivity contribution in [2.24, 2.45) is 5.73 Å². The van der Waals surface area contributed by atoms with Gasteiger partial charge in [0.05, 0.1) is 6.04 Å². The number of halogens is 3. The number of hydrogen-bond acceptors (Lipinski definition) is 3. The van der Waals surface area contributed by atoms with Crippen LogP contribution in [0.3, 0.4) is 0 Å². The smallest absolute Gasteiger partial charge is 0.162 e. The summed E-state index contributed by atoms with van der Waals surface area (Å²) < 4.78 is 12.0. The average molecular weight is 389 g/mol. The Balaban J connectivity index is 2.02. The zero-order valence-corrected chi connectivity index (χ0v) is 14.0. The Morgan fingerprint density at radius 1 is 1.00 bits per heavy atom. The van der Waals surface area contributed by atoms with E-state index in [9.17, 15) is 0 Å². The van der Waals surface area contributed by atoms with Gasteiger partial charge >= 0.3 is 0 Å². The van der Waals surface area contributed by atoms with E-state index in [0.29, 0.717) is 34.8 Å². The van der Waals surface area contributed by atoms with Gasteiger partial charge in [-0.2, -0.15) is 0 Å². The summed E-state index contributed by atoms with van der Waals surface area (Å²) in [5.41, 5.74) is 7.97. The molecule has 21 heavy (non-hydrogen) atoms. The van der Waals surface area contributed by atoms with Crippen molar-refractivity contribution in [3.8, 4) is 11.5 Å². The number of benzene rings is 2. The van der Waals surface area contributed by atoms with E-state index in [4.69, 9.17) is 38.4 Å². The van der Waals surface area contributed by atoms with Gasteiger partial charge in [0.15, 0.2) is 11.5 Å². The first-order valence-electron chi connectivity index (χ1n) is 6.35. The molecule has 2 N–H and O–H groups in total. The molecule has 0 bridgehead atoms. The first-order chi connectivity index (χ1) is 10.0. The van der Waals surface area contributed by atoms with E-state index in [2.05, 4.69) is 15.9 Å². The lowest BCUT2D eigenvalue weighted by Crippen LogP contribution is -2.17. The molecule has 0 amide bonds. The summed E-state index contributed by atoms with van der Waals surface area (Å²) in [6.07, 6.45) is 0. The molecule has 0 spiro atoms. The maximum atomic E-state index is 6.33. The number of rotatable bonds is 2. The van der Waals surface area contributed by atoms with Crippen LogP contribution in [0.2, 0.25) is 10.0 Å². The third kappa shape index (κ3) is 3.14. The van der Waals surface area contributed by atoms with Gasteiger partial charge in [-0.25, -0.2) is 0 Å². The van der Waals surface area contributed by atoms with Crippen LogP contribution in [0, 0.1) is 0 Å². The molecule has 0 radical (unpaired) electrons. The fraction of sp³-hybridized carbons (Fsp3) is 0.200. The predicted octanol–water partition coefficient (Wildman–Crippen LogP) is 4.58. The lowest BCUT2D eigenvalue weighted by Gasteiger charge is -2.22. The molecule has 1 unspecified atom stereocenters. The summed E-state index contributed by atoms with van der Waals surface area (Å²) in [7, 11) is 0. The fourth-order valence-corrected chi connectivity index (χ4v) is 3.41. The van der Waals surface area contributed by atoms with Gasteiger partial charge < -0.3 is 15.2 Å². The van der Waals surface area contributed by atoms with Crippen LogP contribution in [-0.2, 0) is 0 Å². The number of nitrogens with two attached hydrogens (primary N) is 1. The molecule has 6 heteroatoms. The van der Waals surface area contributed by atoms with Gasteiger partial charge in [0.25, 0.3) is 0 Å². The van der Waals surface area contributed by atoms with E-state index in [-0.39, 0.29) is 0 Å². The van der Waals surface area contributed by atoms with Crippen molar-refractivity contribution in [1.82, 2.24) is 0 Å². The SMILES string of the molecule is NC(c1cc(Cl)cc(Br)c1)c1cc2c(cc1Cl)OCCO2. The minimum absolute atomic E-state index is 0.400. The molecular formula is C15H12BrCl2NO2. The molecule has 3 rings (SSSR count). The van der Waals surface area contributed by atoms with E-state index < -0.39 is 6.04 Å². The zero-order chi connectivity index (χ0) is 15.0. The monoisotopic (exact) mass is 387 g/mol. The standard InChI is InChI=1S/C15H12BrCl2NO2/c16-9-3-8(4-10(17)5-9)15(19)11-6-13-14(7-12(11)18)21-2-1-20-13/h3-7,15H,1-2,19H2. The van der Waals surface area contributed by atoms with Crippen LogP contribution in [0.5, 0.6) is 11.5 Å². The summed E-state index contributed by atoms with van der Waals surface area (Å²) in [6, 6.07) is 8.72. The topological polar surface area (TPSA) is 44.5 Å². The molecule has 0 saturated heterocycles. The quantitative estimate of drug-likeness (QED) is 0.819. The molecule has 0 aromatic heterocycles. The molecule has 1 atom stereocenters. The van der Waals surface area contributed by atoms with Crippen LogP contribution in [0.15, 0.2) is 34.8 Å². The second-order valence-electron chi connectivity index (χ2n) is 4.70. The first kappa shape index (κ1) is 15.0. The number of ether oxygens (including phenoxy) is 2. The van der Waals surface area contributed by atoms with E-state index in [0.717, 1.165) is 15.6 Å². The summed E-state index contributed by atoms with van der Waals surface area (Å²) in [5.74, 6) is 1.31. The van der Waals surface area contributed by atoms with Crippen LogP contribution in [0.1, 0.15) is 17.2 Å². The normalized spacial score (nSPS) is 14.9. The third-order valence-corrected chi connectivity index (χ3v) is 4.24.